The molecule has 0 aliphatic carbocycles. The van der Waals surface area contributed by atoms with Gasteiger partial charge in [0, 0.05) is 6.54 Å². The molecular formula is C21H28FN5O4. The minimum atomic E-state index is -0.651. The van der Waals surface area contributed by atoms with Gasteiger partial charge in [-0.05, 0) is 50.6 Å². The van der Waals surface area contributed by atoms with E-state index in [0.717, 1.165) is 36.9 Å². The topological polar surface area (TPSA) is 133 Å². The maximum Gasteiger partial charge on any atom is 0.332 e. The average Bonchev–Trinajstić information content (AvgIpc) is 2.74. The molecule has 1 saturated heterocycles. The van der Waals surface area contributed by atoms with Crippen LogP contribution in [0.15, 0.2) is 33.9 Å². The Balaban J connectivity index is 0.00000107. The van der Waals surface area contributed by atoms with Gasteiger partial charge in [0.15, 0.2) is 5.78 Å². The molecule has 1 amide bonds. The van der Waals surface area contributed by atoms with E-state index in [2.05, 4.69) is 5.73 Å². The van der Waals surface area contributed by atoms with Crippen molar-refractivity contribution in [2.45, 2.75) is 39.3 Å². The Morgan fingerprint density at radius 1 is 1.10 bits per heavy atom. The Morgan fingerprint density at radius 2 is 1.68 bits per heavy atom. The number of benzene rings is 1. The molecule has 0 spiro atoms. The van der Waals surface area contributed by atoms with Crippen molar-refractivity contribution in [1.82, 2.24) is 14.0 Å². The number of anilines is 1. The first-order valence-electron chi connectivity index (χ1n) is 10.1. The van der Waals surface area contributed by atoms with Crippen molar-refractivity contribution in [1.29, 1.82) is 0 Å². The van der Waals surface area contributed by atoms with Gasteiger partial charge in [0.2, 0.25) is 6.41 Å². The van der Waals surface area contributed by atoms with Crippen LogP contribution in [0.2, 0.25) is 0 Å². The van der Waals surface area contributed by atoms with E-state index in [1.54, 1.807) is 6.92 Å². The van der Waals surface area contributed by atoms with Gasteiger partial charge in [-0.25, -0.2) is 9.18 Å². The van der Waals surface area contributed by atoms with E-state index in [4.69, 9.17) is 10.5 Å². The van der Waals surface area contributed by atoms with E-state index in [-0.39, 0.29) is 49.0 Å². The molecule has 2 heterocycles. The van der Waals surface area contributed by atoms with Crippen molar-refractivity contribution >= 4 is 18.0 Å². The second-order valence-electron chi connectivity index (χ2n) is 7.20. The molecule has 168 valence electrons. The molecule has 0 unspecified atom stereocenters. The number of hydrogen-bond donors (Lipinski definition) is 2. The van der Waals surface area contributed by atoms with Crippen molar-refractivity contribution in [2.24, 2.45) is 5.73 Å². The number of nitrogen functional groups attached to an aromatic ring is 1. The molecular weight excluding hydrogens is 405 g/mol. The summed E-state index contributed by atoms with van der Waals surface area (Å²) in [6.45, 7) is 3.57. The Kier molecular flexibility index (Phi) is 8.68. The predicted octanol–water partition coefficient (Wildman–Crippen LogP) is 0.570. The molecule has 1 aromatic heterocycles. The molecule has 0 radical (unpaired) electrons. The monoisotopic (exact) mass is 433 g/mol. The van der Waals surface area contributed by atoms with Gasteiger partial charge in [-0.3, -0.25) is 28.4 Å². The molecule has 0 bridgehead atoms. The summed E-state index contributed by atoms with van der Waals surface area (Å²) in [5.41, 5.74) is 9.56. The molecule has 9 nitrogen and oxygen atoms in total. The van der Waals surface area contributed by atoms with Crippen LogP contribution in [0.25, 0.3) is 0 Å². The van der Waals surface area contributed by atoms with Crippen molar-refractivity contribution < 1.29 is 14.0 Å². The van der Waals surface area contributed by atoms with Gasteiger partial charge in [-0.15, -0.1) is 0 Å². The third-order valence-electron chi connectivity index (χ3n) is 5.13. The van der Waals surface area contributed by atoms with Crippen LogP contribution in [0.4, 0.5) is 10.2 Å². The number of hydrogen-bond acceptors (Lipinski definition) is 6. The number of piperidine rings is 1. The number of amides is 1. The van der Waals surface area contributed by atoms with Crippen molar-refractivity contribution in [3.05, 3.63) is 62.0 Å². The quantitative estimate of drug-likeness (QED) is 0.505. The smallest absolute Gasteiger partial charge is 0.332 e. The number of halogens is 1. The summed E-state index contributed by atoms with van der Waals surface area (Å²) in [5.74, 6) is -0.898. The molecule has 0 saturated carbocycles. The molecule has 31 heavy (non-hydrogen) atoms. The number of aromatic nitrogens is 2. The van der Waals surface area contributed by atoms with E-state index in [9.17, 15) is 18.8 Å². The zero-order valence-electron chi connectivity index (χ0n) is 17.6. The third kappa shape index (κ3) is 5.88. The van der Waals surface area contributed by atoms with E-state index >= 15 is 0 Å². The number of nitrogens with zero attached hydrogens (tertiary/aromatic N) is 3. The predicted molar refractivity (Wildman–Crippen MR) is 115 cm³/mol. The fourth-order valence-corrected chi connectivity index (χ4v) is 3.58. The summed E-state index contributed by atoms with van der Waals surface area (Å²) in [6.07, 6.45) is 3.43. The van der Waals surface area contributed by atoms with E-state index < -0.39 is 11.2 Å². The number of ketones is 1. The van der Waals surface area contributed by atoms with E-state index in [1.165, 1.54) is 28.8 Å². The molecule has 1 aliphatic rings. The van der Waals surface area contributed by atoms with Crippen LogP contribution in [0.1, 0.15) is 42.1 Å². The number of carbonyl (C=O) groups excluding carboxylic acids is 2. The molecule has 4 N–H and O–H groups in total. The van der Waals surface area contributed by atoms with Crippen LogP contribution in [-0.2, 0) is 17.9 Å². The van der Waals surface area contributed by atoms with Gasteiger partial charge < -0.3 is 11.5 Å². The maximum atomic E-state index is 13.2. The first-order chi connectivity index (χ1) is 14.8. The van der Waals surface area contributed by atoms with Gasteiger partial charge >= 0.3 is 5.69 Å². The number of primary amides is 1. The molecule has 2 aromatic rings. The summed E-state index contributed by atoms with van der Waals surface area (Å²) >= 11 is 0. The van der Waals surface area contributed by atoms with Crippen LogP contribution in [0.5, 0.6) is 0 Å². The van der Waals surface area contributed by atoms with Crippen LogP contribution in [-0.4, -0.2) is 45.9 Å². The van der Waals surface area contributed by atoms with Gasteiger partial charge in [0.1, 0.15) is 17.2 Å². The SMILES string of the molecule is CCn1c(=O)c(C(=O)CN2CCCCC2)c(N)n(Cc2ccc(F)cc2)c1=O.NC=O. The lowest BCUT2D eigenvalue weighted by Gasteiger charge is -2.26. The molecule has 0 atom stereocenters. The fraction of sp³-hybridized carbons (Fsp3) is 0.429. The second-order valence-corrected chi connectivity index (χ2v) is 7.20. The van der Waals surface area contributed by atoms with Crippen LogP contribution in [0, 0.1) is 5.82 Å². The average molecular weight is 433 g/mol. The highest BCUT2D eigenvalue weighted by atomic mass is 19.1. The van der Waals surface area contributed by atoms with Gasteiger partial charge in [0.05, 0.1) is 13.1 Å². The van der Waals surface area contributed by atoms with Crippen molar-refractivity contribution in [3.8, 4) is 0 Å². The van der Waals surface area contributed by atoms with Crippen LogP contribution in [0.3, 0.4) is 0 Å². The third-order valence-corrected chi connectivity index (χ3v) is 5.13. The molecule has 1 aliphatic heterocycles. The number of likely N-dealkylation sites (tertiary alicyclic amines) is 1. The highest BCUT2D eigenvalue weighted by molar-refractivity contribution is 6.01. The lowest BCUT2D eigenvalue weighted by atomic mass is 10.1. The Morgan fingerprint density at radius 3 is 2.23 bits per heavy atom. The summed E-state index contributed by atoms with van der Waals surface area (Å²) in [4.78, 5) is 49.0. The Hall–Kier alpha value is -3.27. The summed E-state index contributed by atoms with van der Waals surface area (Å²) in [6, 6.07) is 5.65. The number of rotatable bonds is 6. The lowest BCUT2D eigenvalue weighted by Crippen LogP contribution is -2.45. The minimum Gasteiger partial charge on any atom is -0.384 e. The molecule has 3 rings (SSSR count). The first-order valence-corrected chi connectivity index (χ1v) is 10.1. The van der Waals surface area contributed by atoms with Crippen molar-refractivity contribution in [3.63, 3.8) is 0 Å². The van der Waals surface area contributed by atoms with Crippen LogP contribution < -0.4 is 22.7 Å². The van der Waals surface area contributed by atoms with E-state index in [1.807, 2.05) is 4.90 Å². The molecule has 10 heteroatoms. The minimum absolute atomic E-state index is 0.0508. The Labute approximate surface area is 179 Å². The van der Waals surface area contributed by atoms with Crippen molar-refractivity contribution in [2.75, 3.05) is 25.4 Å². The lowest BCUT2D eigenvalue weighted by molar-refractivity contribution is -0.106. The first kappa shape index (κ1) is 24.0. The summed E-state index contributed by atoms with van der Waals surface area (Å²) < 4.78 is 15.4. The van der Waals surface area contributed by atoms with Crippen LogP contribution >= 0.6 is 0 Å². The zero-order chi connectivity index (χ0) is 23.0. The summed E-state index contributed by atoms with van der Waals surface area (Å²) in [7, 11) is 0. The van der Waals surface area contributed by atoms with Gasteiger partial charge in [-0.2, -0.15) is 0 Å². The molecule has 1 fully saturated rings. The standard InChI is InChI=1S/C20H25FN4O3.CH3NO/c1-2-24-19(27)17(16(26)13-23-10-4-3-5-11-23)18(22)25(20(24)28)12-14-6-8-15(21)9-7-14;2-1-3/h6-9H,2-5,10-13,22H2,1H3;1H,(H2,2,3). The highest BCUT2D eigenvalue weighted by Gasteiger charge is 2.24. The second kappa shape index (κ2) is 11.2. The normalized spacial score (nSPS) is 13.9. The van der Waals surface area contributed by atoms with E-state index in [0.29, 0.717) is 5.56 Å². The largest absolute Gasteiger partial charge is 0.384 e. The fourth-order valence-electron chi connectivity index (χ4n) is 3.58. The summed E-state index contributed by atoms with van der Waals surface area (Å²) in [5, 5.41) is 0. The van der Waals surface area contributed by atoms with Gasteiger partial charge in [-0.1, -0.05) is 18.6 Å². The maximum absolute atomic E-state index is 13.2. The highest BCUT2D eigenvalue weighted by Crippen LogP contribution is 2.13. The number of carbonyl (C=O) groups is 2. The van der Waals surface area contributed by atoms with Gasteiger partial charge in [0.25, 0.3) is 5.56 Å². The Bertz CT molecular complexity index is 1020. The molecule has 1 aromatic carbocycles. The number of Topliss-reactive ketones (excluding diaryl/α,β-unsaturated/α-hetero) is 1. The number of nitrogens with two attached hydrogens (primary N) is 2. The zero-order valence-corrected chi connectivity index (χ0v) is 17.6.